The molecule has 0 spiro atoms. The van der Waals surface area contributed by atoms with Gasteiger partial charge in [0.15, 0.2) is 11.6 Å². The second-order valence-corrected chi connectivity index (χ2v) is 5.76. The minimum atomic E-state index is -0.311. The Morgan fingerprint density at radius 2 is 2.17 bits per heavy atom. The SMILES string of the molecule is COc1ccc(C(N)C2CC3CCC2C3)cc1F. The van der Waals surface area contributed by atoms with Crippen molar-refractivity contribution in [1.29, 1.82) is 0 Å². The third kappa shape index (κ3) is 1.91. The van der Waals surface area contributed by atoms with E-state index in [1.807, 2.05) is 6.07 Å². The zero-order chi connectivity index (χ0) is 12.7. The van der Waals surface area contributed by atoms with E-state index in [0.717, 1.165) is 17.4 Å². The molecule has 2 aliphatic carbocycles. The van der Waals surface area contributed by atoms with E-state index in [4.69, 9.17) is 10.5 Å². The molecular weight excluding hydrogens is 229 g/mol. The lowest BCUT2D eigenvalue weighted by molar-refractivity contribution is 0.283. The molecule has 0 heterocycles. The highest BCUT2D eigenvalue weighted by atomic mass is 19.1. The Morgan fingerprint density at radius 3 is 2.72 bits per heavy atom. The monoisotopic (exact) mass is 249 g/mol. The summed E-state index contributed by atoms with van der Waals surface area (Å²) >= 11 is 0. The Morgan fingerprint density at radius 1 is 1.33 bits per heavy atom. The standard InChI is InChI=1S/C15H20FNO/c1-18-14-5-4-11(8-13(14)16)15(17)12-7-9-2-3-10(12)6-9/h4-5,8-10,12,15H,2-3,6-7,17H2,1H3. The maximum absolute atomic E-state index is 13.7. The second-order valence-electron chi connectivity index (χ2n) is 5.76. The van der Waals surface area contributed by atoms with E-state index in [1.54, 1.807) is 6.07 Å². The fourth-order valence-corrected chi connectivity index (χ4v) is 3.87. The molecule has 2 nitrogen and oxygen atoms in total. The summed E-state index contributed by atoms with van der Waals surface area (Å²) < 4.78 is 18.6. The van der Waals surface area contributed by atoms with Gasteiger partial charge in [0.2, 0.25) is 0 Å². The van der Waals surface area contributed by atoms with Crippen LogP contribution in [0, 0.1) is 23.6 Å². The summed E-state index contributed by atoms with van der Waals surface area (Å²) in [7, 11) is 1.48. The molecule has 2 fully saturated rings. The van der Waals surface area contributed by atoms with Gasteiger partial charge in [-0.2, -0.15) is 0 Å². The zero-order valence-corrected chi connectivity index (χ0v) is 10.7. The van der Waals surface area contributed by atoms with Crippen molar-refractivity contribution in [3.05, 3.63) is 29.6 Å². The Hall–Kier alpha value is -1.09. The molecule has 2 saturated carbocycles. The van der Waals surface area contributed by atoms with Crippen LogP contribution in [0.2, 0.25) is 0 Å². The fraction of sp³-hybridized carbons (Fsp3) is 0.600. The van der Waals surface area contributed by atoms with Gasteiger partial charge in [-0.05, 0) is 54.7 Å². The fourth-order valence-electron chi connectivity index (χ4n) is 3.87. The molecule has 2 N–H and O–H groups in total. The van der Waals surface area contributed by atoms with E-state index in [0.29, 0.717) is 11.7 Å². The maximum Gasteiger partial charge on any atom is 0.165 e. The summed E-state index contributed by atoms with van der Waals surface area (Å²) in [6.07, 6.45) is 5.23. The van der Waals surface area contributed by atoms with Gasteiger partial charge in [-0.3, -0.25) is 0 Å². The molecule has 4 atom stereocenters. The average molecular weight is 249 g/mol. The van der Waals surface area contributed by atoms with Crippen LogP contribution in [0.25, 0.3) is 0 Å². The summed E-state index contributed by atoms with van der Waals surface area (Å²) in [6.45, 7) is 0. The lowest BCUT2D eigenvalue weighted by Crippen LogP contribution is -2.26. The normalized spacial score (nSPS) is 31.6. The van der Waals surface area contributed by atoms with Gasteiger partial charge in [-0.15, -0.1) is 0 Å². The van der Waals surface area contributed by atoms with E-state index in [1.165, 1.54) is 38.9 Å². The first-order valence-electron chi connectivity index (χ1n) is 6.78. The van der Waals surface area contributed by atoms with Crippen LogP contribution in [-0.4, -0.2) is 7.11 Å². The van der Waals surface area contributed by atoms with Crippen molar-refractivity contribution in [2.75, 3.05) is 7.11 Å². The van der Waals surface area contributed by atoms with Crippen molar-refractivity contribution in [2.45, 2.75) is 31.7 Å². The van der Waals surface area contributed by atoms with Crippen molar-refractivity contribution in [1.82, 2.24) is 0 Å². The number of benzene rings is 1. The van der Waals surface area contributed by atoms with Gasteiger partial charge < -0.3 is 10.5 Å². The van der Waals surface area contributed by atoms with Gasteiger partial charge in [-0.1, -0.05) is 12.5 Å². The van der Waals surface area contributed by atoms with E-state index in [-0.39, 0.29) is 11.9 Å². The maximum atomic E-state index is 13.7. The van der Waals surface area contributed by atoms with Crippen LogP contribution in [0.4, 0.5) is 4.39 Å². The lowest BCUT2D eigenvalue weighted by Gasteiger charge is -2.28. The average Bonchev–Trinajstić information content (AvgIpc) is 3.00. The quantitative estimate of drug-likeness (QED) is 0.892. The van der Waals surface area contributed by atoms with Crippen LogP contribution in [0.3, 0.4) is 0 Å². The van der Waals surface area contributed by atoms with Crippen molar-refractivity contribution in [3.8, 4) is 5.75 Å². The van der Waals surface area contributed by atoms with Gasteiger partial charge in [0, 0.05) is 6.04 Å². The van der Waals surface area contributed by atoms with Gasteiger partial charge in [0.25, 0.3) is 0 Å². The number of hydrogen-bond donors (Lipinski definition) is 1. The number of nitrogens with two attached hydrogens (primary N) is 1. The van der Waals surface area contributed by atoms with Crippen molar-refractivity contribution >= 4 is 0 Å². The number of ether oxygens (including phenoxy) is 1. The Labute approximate surface area is 107 Å². The Bertz CT molecular complexity index is 448. The van der Waals surface area contributed by atoms with Crippen LogP contribution < -0.4 is 10.5 Å². The Balaban J connectivity index is 1.80. The molecule has 2 aliphatic rings. The van der Waals surface area contributed by atoms with E-state index in [2.05, 4.69) is 0 Å². The van der Waals surface area contributed by atoms with Crippen molar-refractivity contribution in [3.63, 3.8) is 0 Å². The largest absolute Gasteiger partial charge is 0.494 e. The van der Waals surface area contributed by atoms with Crippen LogP contribution in [0.15, 0.2) is 18.2 Å². The van der Waals surface area contributed by atoms with Gasteiger partial charge >= 0.3 is 0 Å². The highest BCUT2D eigenvalue weighted by molar-refractivity contribution is 5.31. The van der Waals surface area contributed by atoms with Crippen LogP contribution >= 0.6 is 0 Å². The summed E-state index contributed by atoms with van der Waals surface area (Å²) in [5.41, 5.74) is 7.25. The number of methoxy groups -OCH3 is 1. The molecule has 1 aromatic carbocycles. The van der Waals surface area contributed by atoms with E-state index >= 15 is 0 Å². The first-order valence-corrected chi connectivity index (χ1v) is 6.78. The van der Waals surface area contributed by atoms with Gasteiger partial charge in [0.1, 0.15) is 0 Å². The molecule has 4 unspecified atom stereocenters. The topological polar surface area (TPSA) is 35.2 Å². The third-order valence-corrected chi connectivity index (χ3v) is 4.81. The van der Waals surface area contributed by atoms with E-state index in [9.17, 15) is 4.39 Å². The molecular formula is C15H20FNO. The van der Waals surface area contributed by atoms with Crippen LogP contribution in [-0.2, 0) is 0 Å². The smallest absolute Gasteiger partial charge is 0.165 e. The minimum absolute atomic E-state index is 0.0271. The molecule has 0 saturated heterocycles. The highest BCUT2D eigenvalue weighted by Crippen LogP contribution is 2.52. The molecule has 0 amide bonds. The predicted octanol–water partition coefficient (Wildman–Crippen LogP) is 3.27. The molecule has 1 aromatic rings. The second kappa shape index (κ2) is 4.54. The highest BCUT2D eigenvalue weighted by Gasteiger charge is 2.42. The summed E-state index contributed by atoms with van der Waals surface area (Å²) in [4.78, 5) is 0. The molecule has 3 heteroatoms. The first kappa shape index (κ1) is 12.0. The van der Waals surface area contributed by atoms with Crippen LogP contribution in [0.5, 0.6) is 5.75 Å². The number of hydrogen-bond acceptors (Lipinski definition) is 2. The van der Waals surface area contributed by atoms with Crippen molar-refractivity contribution in [2.24, 2.45) is 23.5 Å². The van der Waals surface area contributed by atoms with Crippen LogP contribution in [0.1, 0.15) is 37.3 Å². The van der Waals surface area contributed by atoms with Gasteiger partial charge in [0.05, 0.1) is 7.11 Å². The molecule has 3 rings (SSSR count). The predicted molar refractivity (Wildman–Crippen MR) is 68.8 cm³/mol. The Kier molecular flexibility index (Phi) is 3.02. The zero-order valence-electron chi connectivity index (χ0n) is 10.7. The number of rotatable bonds is 3. The van der Waals surface area contributed by atoms with Gasteiger partial charge in [-0.25, -0.2) is 4.39 Å². The third-order valence-electron chi connectivity index (χ3n) is 4.81. The first-order chi connectivity index (χ1) is 8.69. The summed E-state index contributed by atoms with van der Waals surface area (Å²) in [6, 6.07) is 5.09. The molecule has 0 aromatic heterocycles. The minimum Gasteiger partial charge on any atom is -0.494 e. The molecule has 0 aliphatic heterocycles. The number of fused-ring (bicyclic) bond motifs is 2. The molecule has 2 bridgehead atoms. The van der Waals surface area contributed by atoms with E-state index < -0.39 is 0 Å². The lowest BCUT2D eigenvalue weighted by atomic mass is 9.81. The summed E-state index contributed by atoms with van der Waals surface area (Å²) in [5, 5.41) is 0. The van der Waals surface area contributed by atoms with Crippen molar-refractivity contribution < 1.29 is 9.13 Å². The summed E-state index contributed by atoms with van der Waals surface area (Å²) in [5.74, 6) is 2.15. The molecule has 0 radical (unpaired) electrons. The molecule has 98 valence electrons. The number of halogens is 1. The molecule has 18 heavy (non-hydrogen) atoms.